The van der Waals surface area contributed by atoms with Gasteiger partial charge in [0, 0.05) is 30.8 Å². The Bertz CT molecular complexity index is 142. The van der Waals surface area contributed by atoms with E-state index in [0.29, 0.717) is 31.4 Å². The van der Waals surface area contributed by atoms with Crippen molar-refractivity contribution in [2.75, 3.05) is 40.0 Å². The molecule has 0 spiro atoms. The Hall–Kier alpha value is 0.200. The zero-order valence-electron chi connectivity index (χ0n) is 7.69. The maximum absolute atomic E-state index is 5.63. The minimum absolute atomic E-state index is 0.582. The zero-order chi connectivity index (χ0) is 9.94. The highest BCUT2D eigenvalue weighted by molar-refractivity contribution is 6.36. The molecule has 0 aromatic carbocycles. The van der Waals surface area contributed by atoms with E-state index in [0.717, 1.165) is 6.54 Å². The lowest BCUT2D eigenvalue weighted by Crippen LogP contribution is -2.21. The summed E-state index contributed by atoms with van der Waals surface area (Å²) in [6.07, 6.45) is 0. The summed E-state index contributed by atoms with van der Waals surface area (Å²) < 4.78 is 10.0. The molecule has 78 valence electrons. The number of hydrogen-bond donors (Lipinski definition) is 1. The van der Waals surface area contributed by atoms with Crippen molar-refractivity contribution in [3.63, 3.8) is 0 Å². The summed E-state index contributed by atoms with van der Waals surface area (Å²) >= 11 is 11.0. The lowest BCUT2D eigenvalue weighted by molar-refractivity contribution is 0.0723. The molecule has 0 heterocycles. The van der Waals surface area contributed by atoms with Gasteiger partial charge in [0.15, 0.2) is 0 Å². The van der Waals surface area contributed by atoms with Crippen LogP contribution in [0.15, 0.2) is 10.6 Å². The van der Waals surface area contributed by atoms with Crippen LogP contribution in [-0.4, -0.2) is 40.0 Å². The lowest BCUT2D eigenvalue weighted by atomic mass is 10.5. The molecule has 0 saturated carbocycles. The molecule has 0 rings (SSSR count). The maximum atomic E-state index is 5.63. The summed E-state index contributed by atoms with van der Waals surface area (Å²) in [5, 5.41) is 3.66. The first-order chi connectivity index (χ1) is 6.31. The van der Waals surface area contributed by atoms with Crippen molar-refractivity contribution in [2.24, 2.45) is 0 Å². The molecule has 0 aromatic heterocycles. The highest BCUT2D eigenvalue weighted by Crippen LogP contribution is 1.99. The molecule has 0 atom stereocenters. The Morgan fingerprint density at radius 2 is 2.15 bits per heavy atom. The van der Waals surface area contributed by atoms with Crippen molar-refractivity contribution >= 4 is 23.2 Å². The molecule has 0 aliphatic heterocycles. The predicted octanol–water partition coefficient (Wildman–Crippen LogP) is 1.56. The standard InChI is InChI=1S/C8H15Cl2NO2/c1-12-4-5-13-3-2-11-7-8(10)6-9/h6,11H,2-5,7H2,1H3. The monoisotopic (exact) mass is 227 g/mol. The predicted molar refractivity (Wildman–Crippen MR) is 55.4 cm³/mol. The second kappa shape index (κ2) is 10.3. The van der Waals surface area contributed by atoms with Crippen LogP contribution in [0.5, 0.6) is 0 Å². The molecular weight excluding hydrogens is 213 g/mol. The summed E-state index contributed by atoms with van der Waals surface area (Å²) in [6, 6.07) is 0. The summed E-state index contributed by atoms with van der Waals surface area (Å²) in [4.78, 5) is 0. The van der Waals surface area contributed by atoms with E-state index in [2.05, 4.69) is 5.32 Å². The third-order valence-electron chi connectivity index (χ3n) is 1.27. The van der Waals surface area contributed by atoms with E-state index in [4.69, 9.17) is 32.7 Å². The smallest absolute Gasteiger partial charge is 0.0700 e. The van der Waals surface area contributed by atoms with E-state index >= 15 is 0 Å². The largest absolute Gasteiger partial charge is 0.382 e. The molecule has 1 N–H and O–H groups in total. The van der Waals surface area contributed by atoms with E-state index in [1.807, 2.05) is 0 Å². The lowest BCUT2D eigenvalue weighted by Gasteiger charge is -2.04. The van der Waals surface area contributed by atoms with Gasteiger partial charge in [0.25, 0.3) is 0 Å². The summed E-state index contributed by atoms with van der Waals surface area (Å²) in [6.45, 7) is 3.23. The second-order valence-corrected chi connectivity index (χ2v) is 3.04. The Kier molecular flexibility index (Phi) is 10.4. The van der Waals surface area contributed by atoms with E-state index in [1.165, 1.54) is 5.54 Å². The van der Waals surface area contributed by atoms with Crippen LogP contribution < -0.4 is 5.32 Å². The van der Waals surface area contributed by atoms with Gasteiger partial charge in [-0.25, -0.2) is 0 Å². The van der Waals surface area contributed by atoms with Gasteiger partial charge >= 0.3 is 0 Å². The number of nitrogens with one attached hydrogen (secondary N) is 1. The minimum atomic E-state index is 0.582. The second-order valence-electron chi connectivity index (χ2n) is 2.34. The average molecular weight is 228 g/mol. The highest BCUT2D eigenvalue weighted by Gasteiger charge is 1.91. The van der Waals surface area contributed by atoms with Crippen molar-refractivity contribution in [2.45, 2.75) is 0 Å². The van der Waals surface area contributed by atoms with Crippen molar-refractivity contribution in [3.8, 4) is 0 Å². The molecule has 0 aromatic rings. The van der Waals surface area contributed by atoms with Crippen molar-refractivity contribution < 1.29 is 9.47 Å². The quantitative estimate of drug-likeness (QED) is 0.639. The van der Waals surface area contributed by atoms with Crippen LogP contribution in [0.1, 0.15) is 0 Å². The van der Waals surface area contributed by atoms with E-state index in [-0.39, 0.29) is 0 Å². The molecule has 0 aliphatic carbocycles. The van der Waals surface area contributed by atoms with Gasteiger partial charge in [-0.05, 0) is 0 Å². The fourth-order valence-electron chi connectivity index (χ4n) is 0.635. The zero-order valence-corrected chi connectivity index (χ0v) is 9.20. The number of halogens is 2. The topological polar surface area (TPSA) is 30.5 Å². The van der Waals surface area contributed by atoms with Crippen LogP contribution >= 0.6 is 23.2 Å². The van der Waals surface area contributed by atoms with Gasteiger partial charge in [0.2, 0.25) is 0 Å². The molecule has 0 aliphatic rings. The molecule has 0 unspecified atom stereocenters. The third kappa shape index (κ3) is 10.1. The molecular formula is C8H15Cl2NO2. The van der Waals surface area contributed by atoms with Crippen LogP contribution in [0.2, 0.25) is 0 Å². The third-order valence-corrected chi connectivity index (χ3v) is 1.89. The first-order valence-electron chi connectivity index (χ1n) is 4.03. The number of hydrogen-bond acceptors (Lipinski definition) is 3. The van der Waals surface area contributed by atoms with Crippen LogP contribution in [0.25, 0.3) is 0 Å². The molecule has 3 nitrogen and oxygen atoms in total. The molecule has 0 amide bonds. The van der Waals surface area contributed by atoms with E-state index < -0.39 is 0 Å². The van der Waals surface area contributed by atoms with Gasteiger partial charge in [-0.1, -0.05) is 23.2 Å². The van der Waals surface area contributed by atoms with Crippen molar-refractivity contribution in [3.05, 3.63) is 10.6 Å². The Balaban J connectivity index is 3.00. The summed E-state index contributed by atoms with van der Waals surface area (Å²) in [7, 11) is 1.65. The van der Waals surface area contributed by atoms with Crippen LogP contribution in [0.4, 0.5) is 0 Å². The first kappa shape index (κ1) is 13.2. The normalized spacial score (nSPS) is 12.1. The van der Waals surface area contributed by atoms with Gasteiger partial charge in [0.05, 0.1) is 19.8 Å². The number of ether oxygens (including phenoxy) is 2. The highest BCUT2D eigenvalue weighted by atomic mass is 35.5. The Labute approximate surface area is 89.0 Å². The SMILES string of the molecule is COCCOCCNCC(Cl)=CCl. The van der Waals surface area contributed by atoms with Crippen LogP contribution in [0, 0.1) is 0 Å². The molecule has 0 fully saturated rings. The van der Waals surface area contributed by atoms with Gasteiger partial charge < -0.3 is 14.8 Å². The fraction of sp³-hybridized carbons (Fsp3) is 0.750. The molecule has 5 heteroatoms. The molecule has 0 saturated heterocycles. The molecule has 0 radical (unpaired) electrons. The Morgan fingerprint density at radius 1 is 1.38 bits per heavy atom. The maximum Gasteiger partial charge on any atom is 0.0700 e. The van der Waals surface area contributed by atoms with Crippen molar-refractivity contribution in [1.29, 1.82) is 0 Å². The molecule has 13 heavy (non-hydrogen) atoms. The minimum Gasteiger partial charge on any atom is -0.382 e. The summed E-state index contributed by atoms with van der Waals surface area (Å²) in [5.41, 5.74) is 1.35. The average Bonchev–Trinajstić information content (AvgIpc) is 2.16. The Morgan fingerprint density at radius 3 is 2.77 bits per heavy atom. The van der Waals surface area contributed by atoms with Gasteiger partial charge in [-0.3, -0.25) is 0 Å². The van der Waals surface area contributed by atoms with Crippen molar-refractivity contribution in [1.82, 2.24) is 5.32 Å². The summed E-state index contributed by atoms with van der Waals surface area (Å²) in [5.74, 6) is 0. The fourth-order valence-corrected chi connectivity index (χ4v) is 0.807. The first-order valence-corrected chi connectivity index (χ1v) is 4.85. The van der Waals surface area contributed by atoms with Gasteiger partial charge in [-0.2, -0.15) is 0 Å². The van der Waals surface area contributed by atoms with E-state index in [1.54, 1.807) is 7.11 Å². The van der Waals surface area contributed by atoms with Gasteiger partial charge in [-0.15, -0.1) is 0 Å². The number of rotatable bonds is 8. The number of methoxy groups -OCH3 is 1. The van der Waals surface area contributed by atoms with Crippen LogP contribution in [0.3, 0.4) is 0 Å². The molecule has 0 bridgehead atoms. The van der Waals surface area contributed by atoms with Crippen LogP contribution in [-0.2, 0) is 9.47 Å². The van der Waals surface area contributed by atoms with Gasteiger partial charge in [0.1, 0.15) is 0 Å². The van der Waals surface area contributed by atoms with E-state index in [9.17, 15) is 0 Å².